The van der Waals surface area contributed by atoms with Crippen LogP contribution in [0.25, 0.3) is 0 Å². The lowest BCUT2D eigenvalue weighted by Crippen LogP contribution is -2.40. The van der Waals surface area contributed by atoms with Crippen molar-refractivity contribution in [1.82, 2.24) is 10.2 Å². The highest BCUT2D eigenvalue weighted by Gasteiger charge is 2.72. The molecule has 0 radical (unpaired) electrons. The topological polar surface area (TPSA) is 49.4 Å². The summed E-state index contributed by atoms with van der Waals surface area (Å²) in [6, 6.07) is 0.638. The van der Waals surface area contributed by atoms with Gasteiger partial charge in [-0.25, -0.2) is 0 Å². The summed E-state index contributed by atoms with van der Waals surface area (Å²) in [5.41, 5.74) is -0.0748. The number of fused-ring (bicyclic) bond motifs is 1. The van der Waals surface area contributed by atoms with Crippen molar-refractivity contribution in [3.05, 3.63) is 0 Å². The molecule has 3 rings (SSSR count). The van der Waals surface area contributed by atoms with E-state index >= 15 is 0 Å². The summed E-state index contributed by atoms with van der Waals surface area (Å²) in [6.07, 6.45) is 2.47. The summed E-state index contributed by atoms with van der Waals surface area (Å²) in [7, 11) is 0. The van der Waals surface area contributed by atoms with E-state index in [1.165, 1.54) is 17.7 Å². The molecule has 1 aliphatic heterocycles. The maximum Gasteiger partial charge on any atom is 0.233 e. The van der Waals surface area contributed by atoms with Crippen LogP contribution < -0.4 is 5.32 Å². The van der Waals surface area contributed by atoms with Crippen molar-refractivity contribution < 1.29 is 9.59 Å². The molecule has 4 heteroatoms. The Kier molecular flexibility index (Phi) is 1.97. The Morgan fingerprint density at radius 2 is 1.81 bits per heavy atom. The molecule has 3 fully saturated rings. The first kappa shape index (κ1) is 10.3. The zero-order valence-electron chi connectivity index (χ0n) is 9.82. The first-order valence-electron chi connectivity index (χ1n) is 6.12. The van der Waals surface area contributed by atoms with Gasteiger partial charge in [0, 0.05) is 19.1 Å². The molecule has 1 saturated heterocycles. The van der Waals surface area contributed by atoms with Crippen LogP contribution in [0.1, 0.15) is 26.7 Å². The third kappa shape index (κ3) is 1.32. The number of rotatable bonds is 4. The summed E-state index contributed by atoms with van der Waals surface area (Å²) in [4.78, 5) is 25.3. The molecule has 2 aliphatic carbocycles. The molecular weight excluding hydrogens is 204 g/mol. The number of likely N-dealkylation sites (tertiary alicyclic amines) is 1. The van der Waals surface area contributed by atoms with Crippen molar-refractivity contribution >= 4 is 11.8 Å². The molecule has 4 nitrogen and oxygen atoms in total. The van der Waals surface area contributed by atoms with Gasteiger partial charge < -0.3 is 5.32 Å². The minimum absolute atomic E-state index is 0.0269. The smallest absolute Gasteiger partial charge is 0.233 e. The van der Waals surface area contributed by atoms with Crippen LogP contribution in [-0.4, -0.2) is 35.8 Å². The highest BCUT2D eigenvalue weighted by molar-refractivity contribution is 6.10. The van der Waals surface area contributed by atoms with Crippen LogP contribution in [0.2, 0.25) is 0 Å². The second-order valence-electron chi connectivity index (χ2n) is 5.83. The van der Waals surface area contributed by atoms with Crippen molar-refractivity contribution in [2.24, 2.45) is 17.3 Å². The first-order valence-corrected chi connectivity index (χ1v) is 6.12. The number of carbonyl (C=O) groups is 2. The second-order valence-corrected chi connectivity index (χ2v) is 5.83. The number of nitrogens with zero attached hydrogens (tertiary/aromatic N) is 1. The van der Waals surface area contributed by atoms with E-state index in [2.05, 4.69) is 5.32 Å². The van der Waals surface area contributed by atoms with Gasteiger partial charge in [-0.3, -0.25) is 14.5 Å². The number of hydrogen-bond acceptors (Lipinski definition) is 3. The molecule has 2 amide bonds. The molecule has 0 spiro atoms. The number of amides is 2. The fourth-order valence-electron chi connectivity index (χ4n) is 2.89. The molecule has 2 saturated carbocycles. The summed E-state index contributed by atoms with van der Waals surface area (Å²) in [5, 5.41) is 3.33. The van der Waals surface area contributed by atoms with Crippen LogP contribution in [0.15, 0.2) is 0 Å². The first-order chi connectivity index (χ1) is 7.53. The molecule has 16 heavy (non-hydrogen) atoms. The fraction of sp³-hybridized carbons (Fsp3) is 0.833. The van der Waals surface area contributed by atoms with Gasteiger partial charge in [0.1, 0.15) is 0 Å². The third-order valence-electron chi connectivity index (χ3n) is 4.24. The summed E-state index contributed by atoms with van der Waals surface area (Å²) in [5.74, 6) is 0.0528. The third-order valence-corrected chi connectivity index (χ3v) is 4.24. The van der Waals surface area contributed by atoms with Crippen molar-refractivity contribution in [2.45, 2.75) is 32.7 Å². The average Bonchev–Trinajstić information content (AvgIpc) is 3.06. The molecule has 2 atom stereocenters. The Hall–Kier alpha value is -0.900. The highest BCUT2D eigenvalue weighted by Crippen LogP contribution is 2.63. The van der Waals surface area contributed by atoms with Crippen LogP contribution in [0.3, 0.4) is 0 Å². The molecule has 2 unspecified atom stereocenters. The van der Waals surface area contributed by atoms with Gasteiger partial charge in [-0.05, 0) is 18.3 Å². The zero-order valence-corrected chi connectivity index (χ0v) is 9.82. The summed E-state index contributed by atoms with van der Waals surface area (Å²) in [6.45, 7) is 5.33. The van der Waals surface area contributed by atoms with E-state index in [9.17, 15) is 9.59 Å². The molecule has 1 N–H and O–H groups in total. The van der Waals surface area contributed by atoms with Gasteiger partial charge in [-0.2, -0.15) is 0 Å². The Bertz CT molecular complexity index is 336. The van der Waals surface area contributed by atoms with E-state index in [1.807, 2.05) is 13.8 Å². The van der Waals surface area contributed by atoms with E-state index in [0.717, 1.165) is 6.54 Å². The lowest BCUT2D eigenvalue weighted by atomic mass is 10.1. The monoisotopic (exact) mass is 222 g/mol. The average molecular weight is 222 g/mol. The molecular formula is C12H18N2O2. The maximum atomic E-state index is 11.9. The van der Waals surface area contributed by atoms with E-state index in [0.29, 0.717) is 12.6 Å². The van der Waals surface area contributed by atoms with Crippen LogP contribution >= 0.6 is 0 Å². The van der Waals surface area contributed by atoms with E-state index in [-0.39, 0.29) is 29.1 Å². The number of hydrogen-bond donors (Lipinski definition) is 1. The Morgan fingerprint density at radius 1 is 1.25 bits per heavy atom. The molecule has 0 aromatic rings. The normalized spacial score (nSPS) is 35.5. The molecule has 1 heterocycles. The van der Waals surface area contributed by atoms with Gasteiger partial charge in [0.05, 0.1) is 11.8 Å². The molecule has 3 aliphatic rings. The Balaban J connectivity index is 1.57. The van der Waals surface area contributed by atoms with E-state index in [4.69, 9.17) is 0 Å². The van der Waals surface area contributed by atoms with Gasteiger partial charge in [0.25, 0.3) is 0 Å². The minimum Gasteiger partial charge on any atom is -0.312 e. The summed E-state index contributed by atoms with van der Waals surface area (Å²) >= 11 is 0. The minimum atomic E-state index is -0.0748. The van der Waals surface area contributed by atoms with Crippen LogP contribution in [0.4, 0.5) is 0 Å². The van der Waals surface area contributed by atoms with Crippen molar-refractivity contribution in [2.75, 3.05) is 13.1 Å². The van der Waals surface area contributed by atoms with Gasteiger partial charge in [-0.1, -0.05) is 13.8 Å². The maximum absolute atomic E-state index is 11.9. The predicted molar refractivity (Wildman–Crippen MR) is 58.5 cm³/mol. The van der Waals surface area contributed by atoms with Gasteiger partial charge >= 0.3 is 0 Å². The van der Waals surface area contributed by atoms with Crippen molar-refractivity contribution in [3.63, 3.8) is 0 Å². The standard InChI is InChI=1S/C12H18N2O2/c1-12(2)8-9(12)11(16)14(10(8)15)6-5-13-7-3-4-7/h7-9,13H,3-6H2,1-2H3. The quantitative estimate of drug-likeness (QED) is 0.700. The van der Waals surface area contributed by atoms with Gasteiger partial charge in [0.15, 0.2) is 0 Å². The highest BCUT2D eigenvalue weighted by atomic mass is 16.2. The number of piperidine rings is 1. The lowest BCUT2D eigenvalue weighted by Gasteiger charge is -2.20. The molecule has 0 bridgehead atoms. The lowest BCUT2D eigenvalue weighted by molar-refractivity contribution is -0.142. The van der Waals surface area contributed by atoms with Crippen molar-refractivity contribution in [1.29, 1.82) is 0 Å². The number of imide groups is 1. The SMILES string of the molecule is CC1(C)C2C(=O)N(CCNC3CC3)C(=O)C21. The Morgan fingerprint density at radius 3 is 2.31 bits per heavy atom. The number of nitrogens with one attached hydrogen (secondary N) is 1. The van der Waals surface area contributed by atoms with Crippen molar-refractivity contribution in [3.8, 4) is 0 Å². The Labute approximate surface area is 95.4 Å². The predicted octanol–water partition coefficient (Wildman–Crippen LogP) is 0.379. The second kappa shape index (κ2) is 3.06. The number of carbonyl (C=O) groups excluding carboxylic acids is 2. The fourth-order valence-corrected chi connectivity index (χ4v) is 2.89. The largest absolute Gasteiger partial charge is 0.312 e. The van der Waals surface area contributed by atoms with Gasteiger partial charge in [-0.15, -0.1) is 0 Å². The molecule has 0 aromatic carbocycles. The van der Waals surface area contributed by atoms with Gasteiger partial charge in [0.2, 0.25) is 11.8 Å². The van der Waals surface area contributed by atoms with E-state index < -0.39 is 0 Å². The van der Waals surface area contributed by atoms with Crippen LogP contribution in [0, 0.1) is 17.3 Å². The van der Waals surface area contributed by atoms with Crippen LogP contribution in [0.5, 0.6) is 0 Å². The zero-order chi connectivity index (χ0) is 11.5. The molecule has 88 valence electrons. The van der Waals surface area contributed by atoms with Crippen LogP contribution in [-0.2, 0) is 9.59 Å². The van der Waals surface area contributed by atoms with E-state index in [1.54, 1.807) is 0 Å². The summed E-state index contributed by atoms with van der Waals surface area (Å²) < 4.78 is 0. The molecule has 0 aromatic heterocycles.